The molecule has 3 amide bonds. The molecule has 3 rings (SSSR count). The summed E-state index contributed by atoms with van der Waals surface area (Å²) in [6, 6.07) is 7.33. The van der Waals surface area contributed by atoms with E-state index in [0.29, 0.717) is 25.2 Å². The van der Waals surface area contributed by atoms with Crippen molar-refractivity contribution >= 4 is 23.3 Å². The second kappa shape index (κ2) is 6.43. The second-order valence-corrected chi connectivity index (χ2v) is 7.20. The Morgan fingerprint density at radius 2 is 2.17 bits per heavy atom. The van der Waals surface area contributed by atoms with Crippen LogP contribution in [-0.4, -0.2) is 48.2 Å². The predicted molar refractivity (Wildman–Crippen MR) is 93.2 cm³/mol. The number of rotatable bonds is 2. The molecule has 1 aromatic rings. The van der Waals surface area contributed by atoms with Gasteiger partial charge in [0.2, 0.25) is 5.91 Å². The van der Waals surface area contributed by atoms with Crippen molar-refractivity contribution in [3.63, 3.8) is 0 Å². The number of ether oxygens (including phenoxy) is 1. The molecule has 2 aliphatic heterocycles. The highest BCUT2D eigenvalue weighted by Crippen LogP contribution is 2.25. The third kappa shape index (κ3) is 3.70. The smallest absolute Gasteiger partial charge is 0.322 e. The van der Waals surface area contributed by atoms with Crippen LogP contribution in [0, 0.1) is 0 Å². The summed E-state index contributed by atoms with van der Waals surface area (Å²) in [4.78, 5) is 28.0. The molecular weight excluding hydrogens is 306 g/mol. The van der Waals surface area contributed by atoms with Gasteiger partial charge in [-0.25, -0.2) is 4.79 Å². The minimum absolute atomic E-state index is 0.00746. The van der Waals surface area contributed by atoms with Crippen LogP contribution < -0.4 is 10.2 Å². The van der Waals surface area contributed by atoms with Crippen molar-refractivity contribution in [3.8, 4) is 0 Å². The Morgan fingerprint density at radius 1 is 1.38 bits per heavy atom. The zero-order valence-electron chi connectivity index (χ0n) is 14.5. The van der Waals surface area contributed by atoms with Crippen LogP contribution in [0.4, 0.5) is 16.2 Å². The first kappa shape index (κ1) is 16.8. The van der Waals surface area contributed by atoms with E-state index in [1.165, 1.54) is 0 Å². The van der Waals surface area contributed by atoms with Gasteiger partial charge >= 0.3 is 6.03 Å². The van der Waals surface area contributed by atoms with Gasteiger partial charge in [-0.2, -0.15) is 0 Å². The zero-order valence-corrected chi connectivity index (χ0v) is 14.5. The van der Waals surface area contributed by atoms with E-state index >= 15 is 0 Å². The fourth-order valence-electron chi connectivity index (χ4n) is 3.48. The van der Waals surface area contributed by atoms with Crippen molar-refractivity contribution in [2.24, 2.45) is 0 Å². The Hall–Kier alpha value is -2.08. The molecular formula is C18H25N3O3. The first-order chi connectivity index (χ1) is 11.3. The molecule has 1 unspecified atom stereocenters. The maximum Gasteiger partial charge on any atom is 0.322 e. The highest BCUT2D eigenvalue weighted by molar-refractivity contribution is 5.96. The van der Waals surface area contributed by atoms with Gasteiger partial charge in [0.25, 0.3) is 0 Å². The lowest BCUT2D eigenvalue weighted by Crippen LogP contribution is -2.54. The van der Waals surface area contributed by atoms with Crippen molar-refractivity contribution in [1.82, 2.24) is 4.90 Å². The second-order valence-electron chi connectivity index (χ2n) is 7.20. The lowest BCUT2D eigenvalue weighted by Gasteiger charge is -2.41. The molecule has 0 radical (unpaired) electrons. The number of morpholine rings is 1. The molecule has 1 atom stereocenters. The molecule has 6 heteroatoms. The first-order valence-electron chi connectivity index (χ1n) is 8.48. The average molecular weight is 331 g/mol. The predicted octanol–water partition coefficient (Wildman–Crippen LogP) is 2.84. The standard InChI is InChI=1S/C18H25N3O3/c1-13-11-20(12-18(2,3)24-13)17(23)19-14-6-4-7-15(10-14)21-9-5-8-16(21)22/h4,6-7,10,13H,5,8-9,11-12H2,1-3H3,(H,19,23). The normalized spacial score (nSPS) is 23.5. The van der Waals surface area contributed by atoms with E-state index in [1.807, 2.05) is 45.0 Å². The van der Waals surface area contributed by atoms with E-state index in [9.17, 15) is 9.59 Å². The number of nitrogens with one attached hydrogen (secondary N) is 1. The number of carbonyl (C=O) groups is 2. The lowest BCUT2D eigenvalue weighted by molar-refractivity contribution is -0.117. The molecule has 1 N–H and O–H groups in total. The molecule has 130 valence electrons. The van der Waals surface area contributed by atoms with Gasteiger partial charge in [0.15, 0.2) is 0 Å². The summed E-state index contributed by atoms with van der Waals surface area (Å²) in [5.74, 6) is 0.141. The molecule has 0 bridgehead atoms. The fourth-order valence-corrected chi connectivity index (χ4v) is 3.48. The molecule has 2 saturated heterocycles. The first-order valence-corrected chi connectivity index (χ1v) is 8.48. The average Bonchev–Trinajstić information content (AvgIpc) is 2.91. The minimum Gasteiger partial charge on any atom is -0.369 e. The zero-order chi connectivity index (χ0) is 17.3. The van der Waals surface area contributed by atoms with Gasteiger partial charge in [0.05, 0.1) is 18.2 Å². The van der Waals surface area contributed by atoms with Gasteiger partial charge in [-0.1, -0.05) is 6.07 Å². The van der Waals surface area contributed by atoms with Gasteiger partial charge in [0, 0.05) is 30.9 Å². The number of hydrogen-bond donors (Lipinski definition) is 1. The minimum atomic E-state index is -0.348. The lowest BCUT2D eigenvalue weighted by atomic mass is 10.1. The Kier molecular flexibility index (Phi) is 4.49. The van der Waals surface area contributed by atoms with Gasteiger partial charge in [-0.3, -0.25) is 4.79 Å². The molecule has 24 heavy (non-hydrogen) atoms. The molecule has 6 nitrogen and oxygen atoms in total. The van der Waals surface area contributed by atoms with Crippen molar-refractivity contribution < 1.29 is 14.3 Å². The van der Waals surface area contributed by atoms with E-state index in [1.54, 1.807) is 9.80 Å². The van der Waals surface area contributed by atoms with Gasteiger partial charge in [-0.05, 0) is 45.4 Å². The molecule has 1 aromatic carbocycles. The number of hydrogen-bond acceptors (Lipinski definition) is 3. The van der Waals surface area contributed by atoms with Crippen LogP contribution in [0.1, 0.15) is 33.6 Å². The van der Waals surface area contributed by atoms with Gasteiger partial charge in [-0.15, -0.1) is 0 Å². The molecule has 2 heterocycles. The monoisotopic (exact) mass is 331 g/mol. The van der Waals surface area contributed by atoms with E-state index in [-0.39, 0.29) is 23.6 Å². The number of carbonyl (C=O) groups excluding carboxylic acids is 2. The van der Waals surface area contributed by atoms with Gasteiger partial charge < -0.3 is 19.9 Å². The Balaban J connectivity index is 1.69. The quantitative estimate of drug-likeness (QED) is 0.906. The Bertz CT molecular complexity index is 644. The molecule has 0 saturated carbocycles. The summed E-state index contributed by atoms with van der Waals surface area (Å²) in [6.45, 7) is 7.81. The molecule has 2 aliphatic rings. The maximum absolute atomic E-state index is 12.6. The number of urea groups is 1. The summed E-state index contributed by atoms with van der Waals surface area (Å²) in [6.07, 6.45) is 1.49. The summed E-state index contributed by atoms with van der Waals surface area (Å²) in [5, 5.41) is 2.94. The van der Waals surface area contributed by atoms with Crippen LogP contribution in [-0.2, 0) is 9.53 Å². The van der Waals surface area contributed by atoms with Gasteiger partial charge in [0.1, 0.15) is 0 Å². The van der Waals surface area contributed by atoms with E-state index in [2.05, 4.69) is 5.32 Å². The largest absolute Gasteiger partial charge is 0.369 e. The topological polar surface area (TPSA) is 61.9 Å². The highest BCUT2D eigenvalue weighted by Gasteiger charge is 2.33. The number of anilines is 2. The van der Waals surface area contributed by atoms with Crippen LogP contribution in [0.2, 0.25) is 0 Å². The summed E-state index contributed by atoms with van der Waals surface area (Å²) >= 11 is 0. The van der Waals surface area contributed by atoms with Crippen LogP contribution in [0.3, 0.4) is 0 Å². The van der Waals surface area contributed by atoms with Crippen molar-refractivity contribution in [1.29, 1.82) is 0 Å². The van der Waals surface area contributed by atoms with Crippen LogP contribution in [0.25, 0.3) is 0 Å². The van der Waals surface area contributed by atoms with Crippen LogP contribution >= 0.6 is 0 Å². The summed E-state index contributed by atoms with van der Waals surface area (Å²) in [5.41, 5.74) is 1.19. The summed E-state index contributed by atoms with van der Waals surface area (Å²) in [7, 11) is 0. The molecule has 0 aromatic heterocycles. The summed E-state index contributed by atoms with van der Waals surface area (Å²) < 4.78 is 5.84. The Labute approximate surface area is 142 Å². The number of benzene rings is 1. The van der Waals surface area contributed by atoms with Crippen LogP contribution in [0.5, 0.6) is 0 Å². The third-order valence-corrected chi connectivity index (χ3v) is 4.34. The SMILES string of the molecule is CC1CN(C(=O)Nc2cccc(N3CCCC3=O)c2)CC(C)(C)O1. The Morgan fingerprint density at radius 3 is 2.83 bits per heavy atom. The maximum atomic E-state index is 12.6. The molecule has 0 aliphatic carbocycles. The van der Waals surface area contributed by atoms with E-state index in [4.69, 9.17) is 4.74 Å². The third-order valence-electron chi connectivity index (χ3n) is 4.34. The van der Waals surface area contributed by atoms with E-state index in [0.717, 1.165) is 18.7 Å². The van der Waals surface area contributed by atoms with Crippen molar-refractivity contribution in [2.45, 2.75) is 45.3 Å². The number of amides is 3. The molecule has 2 fully saturated rings. The highest BCUT2D eigenvalue weighted by atomic mass is 16.5. The fraction of sp³-hybridized carbons (Fsp3) is 0.556. The van der Waals surface area contributed by atoms with Crippen molar-refractivity contribution in [2.75, 3.05) is 29.9 Å². The van der Waals surface area contributed by atoms with E-state index < -0.39 is 0 Å². The number of nitrogens with zero attached hydrogens (tertiary/aromatic N) is 2. The van der Waals surface area contributed by atoms with Crippen LogP contribution in [0.15, 0.2) is 24.3 Å². The van der Waals surface area contributed by atoms with Crippen molar-refractivity contribution in [3.05, 3.63) is 24.3 Å². The molecule has 0 spiro atoms.